The lowest BCUT2D eigenvalue weighted by atomic mass is 10.1. The van der Waals surface area contributed by atoms with Gasteiger partial charge < -0.3 is 24.4 Å². The Kier molecular flexibility index (Phi) is 9.73. The fraction of sp³-hybridized carbons (Fsp3) is 0.258. The van der Waals surface area contributed by atoms with E-state index in [1.165, 1.54) is 43.3 Å². The summed E-state index contributed by atoms with van der Waals surface area (Å²) in [7, 11) is 1.58. The summed E-state index contributed by atoms with van der Waals surface area (Å²) >= 11 is 5.22. The minimum Gasteiger partial charge on any atom is -0.493 e. The molecule has 0 spiro atoms. The summed E-state index contributed by atoms with van der Waals surface area (Å²) in [6.07, 6.45) is 6.55. The van der Waals surface area contributed by atoms with E-state index in [1.54, 1.807) is 43.6 Å². The first kappa shape index (κ1) is 29.2. The maximum absolute atomic E-state index is 15.0. The molecule has 11 heteroatoms. The minimum absolute atomic E-state index is 0.0301. The van der Waals surface area contributed by atoms with Crippen molar-refractivity contribution in [1.82, 2.24) is 15.3 Å². The van der Waals surface area contributed by atoms with E-state index in [0.717, 1.165) is 26.1 Å². The molecule has 1 aliphatic rings. The molecule has 2 N–H and O–H groups in total. The van der Waals surface area contributed by atoms with Crippen molar-refractivity contribution >= 4 is 40.1 Å². The van der Waals surface area contributed by atoms with E-state index in [0.29, 0.717) is 46.0 Å². The summed E-state index contributed by atoms with van der Waals surface area (Å²) in [4.78, 5) is 6.90. The predicted molar refractivity (Wildman–Crippen MR) is 164 cm³/mol. The molecule has 42 heavy (non-hydrogen) atoms. The summed E-state index contributed by atoms with van der Waals surface area (Å²) < 4.78 is 45.6. The Morgan fingerprint density at radius 1 is 1.00 bits per heavy atom. The van der Waals surface area contributed by atoms with Gasteiger partial charge in [-0.3, -0.25) is 10.4 Å². The van der Waals surface area contributed by atoms with Gasteiger partial charge in [-0.15, -0.1) is 0 Å². The van der Waals surface area contributed by atoms with Crippen LogP contribution >= 0.6 is 12.2 Å². The van der Waals surface area contributed by atoms with E-state index in [-0.39, 0.29) is 16.7 Å². The molecule has 0 atom stereocenters. The number of hydrazone groups is 1. The van der Waals surface area contributed by atoms with Crippen LogP contribution in [0.15, 0.2) is 72.0 Å². The number of thiocarbonyl (C=S) groups is 1. The molecular formula is C31H31F2N5O3S. The van der Waals surface area contributed by atoms with Crippen LogP contribution in [0.5, 0.6) is 23.0 Å². The Morgan fingerprint density at radius 3 is 2.57 bits per heavy atom. The van der Waals surface area contributed by atoms with Crippen molar-refractivity contribution in [3.05, 3.63) is 84.1 Å². The third-order valence-corrected chi connectivity index (χ3v) is 6.91. The molecular weight excluding hydrogens is 560 g/mol. The fourth-order valence-electron chi connectivity index (χ4n) is 4.62. The molecule has 1 saturated heterocycles. The molecule has 1 aromatic heterocycles. The van der Waals surface area contributed by atoms with E-state index < -0.39 is 5.82 Å². The van der Waals surface area contributed by atoms with Crippen molar-refractivity contribution in [3.8, 4) is 23.0 Å². The highest BCUT2D eigenvalue weighted by atomic mass is 32.1. The van der Waals surface area contributed by atoms with Crippen molar-refractivity contribution in [1.29, 1.82) is 0 Å². The highest BCUT2D eigenvalue weighted by Gasteiger charge is 2.15. The highest BCUT2D eigenvalue weighted by Crippen LogP contribution is 2.38. The summed E-state index contributed by atoms with van der Waals surface area (Å²) in [6, 6.07) is 15.5. The van der Waals surface area contributed by atoms with Crippen LogP contribution in [0, 0.1) is 11.6 Å². The zero-order valence-electron chi connectivity index (χ0n) is 23.1. The SMILES string of the molecule is COc1cc2c(Oc3ccc(NC(=S)N/N=C/c4ccc(F)cc4)cc3F)ccnc2cc1OCCCN1CCCC1. The molecule has 0 saturated carbocycles. The number of nitrogens with one attached hydrogen (secondary N) is 2. The summed E-state index contributed by atoms with van der Waals surface area (Å²) in [5, 5.41) is 7.68. The molecule has 5 rings (SSSR count). The van der Waals surface area contributed by atoms with E-state index in [4.69, 9.17) is 26.4 Å². The number of halogens is 2. The lowest BCUT2D eigenvalue weighted by molar-refractivity contribution is 0.254. The van der Waals surface area contributed by atoms with Gasteiger partial charge in [0.15, 0.2) is 28.2 Å². The van der Waals surface area contributed by atoms with Crippen molar-refractivity contribution < 1.29 is 23.0 Å². The molecule has 1 aliphatic heterocycles. The van der Waals surface area contributed by atoms with Crippen molar-refractivity contribution in [3.63, 3.8) is 0 Å². The topological polar surface area (TPSA) is 80.2 Å². The molecule has 2 heterocycles. The number of methoxy groups -OCH3 is 1. The van der Waals surface area contributed by atoms with Gasteiger partial charge in [-0.05, 0) is 86.5 Å². The van der Waals surface area contributed by atoms with Gasteiger partial charge in [0.25, 0.3) is 0 Å². The maximum atomic E-state index is 15.0. The minimum atomic E-state index is -0.590. The van der Waals surface area contributed by atoms with Crippen LogP contribution in [0.3, 0.4) is 0 Å². The zero-order valence-corrected chi connectivity index (χ0v) is 23.9. The molecule has 0 amide bonds. The Balaban J connectivity index is 1.21. The van der Waals surface area contributed by atoms with Gasteiger partial charge in [-0.25, -0.2) is 8.78 Å². The van der Waals surface area contributed by atoms with Crippen molar-refractivity contribution in [2.24, 2.45) is 5.10 Å². The Morgan fingerprint density at radius 2 is 1.81 bits per heavy atom. The monoisotopic (exact) mass is 591 g/mol. The second-order valence-corrected chi connectivity index (χ2v) is 10.1. The highest BCUT2D eigenvalue weighted by molar-refractivity contribution is 7.80. The molecule has 218 valence electrons. The van der Waals surface area contributed by atoms with Gasteiger partial charge in [0.2, 0.25) is 0 Å². The first-order chi connectivity index (χ1) is 20.5. The van der Waals surface area contributed by atoms with Crippen LogP contribution in [0.25, 0.3) is 10.9 Å². The molecule has 0 bridgehead atoms. The van der Waals surface area contributed by atoms with Crippen LogP contribution in [0.4, 0.5) is 14.5 Å². The van der Waals surface area contributed by atoms with E-state index in [2.05, 4.69) is 25.7 Å². The molecule has 1 fully saturated rings. The second kappa shape index (κ2) is 14.0. The van der Waals surface area contributed by atoms with Crippen molar-refractivity contribution in [2.45, 2.75) is 19.3 Å². The third kappa shape index (κ3) is 7.68. The summed E-state index contributed by atoms with van der Waals surface area (Å²) in [6.45, 7) is 3.90. The number of nitrogens with zero attached hydrogens (tertiary/aromatic N) is 3. The number of ether oxygens (including phenoxy) is 3. The van der Waals surface area contributed by atoms with Crippen LogP contribution in [0.2, 0.25) is 0 Å². The van der Waals surface area contributed by atoms with Crippen LogP contribution < -0.4 is 25.0 Å². The van der Waals surface area contributed by atoms with Crippen LogP contribution in [-0.4, -0.2) is 54.6 Å². The average Bonchev–Trinajstić information content (AvgIpc) is 3.51. The fourth-order valence-corrected chi connectivity index (χ4v) is 4.79. The number of aromatic nitrogens is 1. The smallest absolute Gasteiger partial charge is 0.191 e. The largest absolute Gasteiger partial charge is 0.493 e. The van der Waals surface area contributed by atoms with Crippen LogP contribution in [-0.2, 0) is 0 Å². The average molecular weight is 592 g/mol. The lowest BCUT2D eigenvalue weighted by Crippen LogP contribution is -2.23. The summed E-state index contributed by atoms with van der Waals surface area (Å²) in [5.74, 6) is 0.677. The second-order valence-electron chi connectivity index (χ2n) is 9.70. The maximum Gasteiger partial charge on any atom is 0.191 e. The zero-order chi connectivity index (χ0) is 29.3. The number of pyridine rings is 1. The predicted octanol–water partition coefficient (Wildman–Crippen LogP) is 6.50. The van der Waals surface area contributed by atoms with Gasteiger partial charge in [-0.2, -0.15) is 5.10 Å². The van der Waals surface area contributed by atoms with Gasteiger partial charge in [0.1, 0.15) is 11.6 Å². The number of fused-ring (bicyclic) bond motifs is 1. The Bertz CT molecular complexity index is 1560. The van der Waals surface area contributed by atoms with Gasteiger partial charge >= 0.3 is 0 Å². The number of benzene rings is 3. The lowest BCUT2D eigenvalue weighted by Gasteiger charge is -2.16. The number of likely N-dealkylation sites (tertiary alicyclic amines) is 1. The third-order valence-electron chi connectivity index (χ3n) is 6.72. The quantitative estimate of drug-likeness (QED) is 0.0886. The van der Waals surface area contributed by atoms with E-state index in [9.17, 15) is 4.39 Å². The number of rotatable bonds is 11. The number of hydrogen-bond donors (Lipinski definition) is 2. The Labute approximate surface area is 248 Å². The molecule has 4 aromatic rings. The molecule has 3 aromatic carbocycles. The first-order valence-corrected chi connectivity index (χ1v) is 14.0. The van der Waals surface area contributed by atoms with E-state index in [1.807, 2.05) is 6.07 Å². The normalized spacial score (nSPS) is 13.4. The van der Waals surface area contributed by atoms with E-state index >= 15 is 4.39 Å². The molecule has 0 radical (unpaired) electrons. The number of anilines is 1. The summed E-state index contributed by atoms with van der Waals surface area (Å²) in [5.41, 5.74) is 4.38. The van der Waals surface area contributed by atoms with Gasteiger partial charge in [0.05, 0.1) is 25.4 Å². The molecule has 8 nitrogen and oxygen atoms in total. The van der Waals surface area contributed by atoms with Crippen molar-refractivity contribution in [2.75, 3.05) is 38.7 Å². The van der Waals surface area contributed by atoms with Gasteiger partial charge in [-0.1, -0.05) is 12.1 Å². The van der Waals surface area contributed by atoms with Crippen LogP contribution in [0.1, 0.15) is 24.8 Å². The molecule has 0 aliphatic carbocycles. The molecule has 0 unspecified atom stereocenters. The standard InChI is InChI=1S/C31H31F2N5O3S/c1-39-29-18-24-26(19-30(29)40-16-4-15-38-13-2-3-14-38)34-12-11-27(24)41-28-10-9-23(17-25(28)33)36-31(42)37-35-20-21-5-7-22(32)8-6-21/h5-12,17-20H,2-4,13-16H2,1H3,(H2,36,37,42)/b35-20+. The first-order valence-electron chi connectivity index (χ1n) is 13.6. The Hall–Kier alpha value is -4.35. The van der Waals surface area contributed by atoms with Gasteiger partial charge in [0, 0.05) is 35.9 Å². The number of hydrogen-bond acceptors (Lipinski definition) is 7.